The molecule has 1 fully saturated rings. The van der Waals surface area contributed by atoms with Gasteiger partial charge in [0.05, 0.1) is 17.5 Å². The third kappa shape index (κ3) is 2.77. The topological polar surface area (TPSA) is 136 Å². The van der Waals surface area contributed by atoms with Crippen LogP contribution in [-0.4, -0.2) is 59.5 Å². The Morgan fingerprint density at radius 3 is 2.84 bits per heavy atom. The molecule has 0 radical (unpaired) electrons. The van der Waals surface area contributed by atoms with Gasteiger partial charge in [0, 0.05) is 6.92 Å². The molecule has 0 bridgehead atoms. The summed E-state index contributed by atoms with van der Waals surface area (Å²) in [5.41, 5.74) is -2.23. The monoisotopic (exact) mass is 414 g/mol. The van der Waals surface area contributed by atoms with Crippen molar-refractivity contribution in [3.05, 3.63) is 23.0 Å². The summed E-state index contributed by atoms with van der Waals surface area (Å²) < 4.78 is 12.0. The molecule has 1 aliphatic heterocycles. The lowest BCUT2D eigenvalue weighted by Crippen LogP contribution is -2.49. The van der Waals surface area contributed by atoms with Crippen molar-refractivity contribution >= 4 is 38.8 Å². The molecule has 0 aromatic carbocycles. The zero-order chi connectivity index (χ0) is 18.4. The van der Waals surface area contributed by atoms with E-state index in [4.69, 9.17) is 9.47 Å². The summed E-state index contributed by atoms with van der Waals surface area (Å²) in [6.45, 7) is 2.31. The fourth-order valence-corrected chi connectivity index (χ4v) is 3.59. The van der Waals surface area contributed by atoms with Crippen molar-refractivity contribution in [2.45, 2.75) is 36.6 Å². The molecular weight excluding hydrogens is 400 g/mol. The number of halogens is 1. The minimum Gasteiger partial charge on any atom is -0.463 e. The molecule has 3 heterocycles. The number of Topliss-reactive ketones (excluding diaryl/α,β-unsaturated/α-hetero) is 1. The van der Waals surface area contributed by atoms with Crippen molar-refractivity contribution in [1.29, 1.82) is 0 Å². The van der Waals surface area contributed by atoms with Gasteiger partial charge in [0.1, 0.15) is 12.7 Å². The molecule has 4 atom stereocenters. The Hall–Kier alpha value is -2.11. The van der Waals surface area contributed by atoms with Crippen LogP contribution in [0.2, 0.25) is 0 Å². The Balaban J connectivity index is 2.06. The summed E-state index contributed by atoms with van der Waals surface area (Å²) in [7, 11) is 0. The smallest absolute Gasteiger partial charge is 0.302 e. The van der Waals surface area contributed by atoms with Crippen molar-refractivity contribution in [3.8, 4) is 0 Å². The number of carbonyl (C=O) groups excluding carboxylic acids is 2. The van der Waals surface area contributed by atoms with Crippen molar-refractivity contribution in [1.82, 2.24) is 19.5 Å². The first kappa shape index (κ1) is 17.7. The molecule has 10 nitrogen and oxygen atoms in total. The van der Waals surface area contributed by atoms with Gasteiger partial charge in [-0.1, -0.05) is 15.9 Å². The Labute approximate surface area is 149 Å². The van der Waals surface area contributed by atoms with Crippen LogP contribution in [-0.2, 0) is 19.1 Å². The Kier molecular flexibility index (Phi) is 4.47. The predicted octanol–water partition coefficient (Wildman–Crippen LogP) is -0.336. The summed E-state index contributed by atoms with van der Waals surface area (Å²) in [6, 6.07) is 0. The molecule has 1 aliphatic rings. The van der Waals surface area contributed by atoms with Crippen LogP contribution in [0.15, 0.2) is 17.4 Å². The number of hydrogen-bond donors (Lipinski definition) is 2. The van der Waals surface area contributed by atoms with Crippen LogP contribution in [0.3, 0.4) is 0 Å². The number of ether oxygens (including phenoxy) is 2. The van der Waals surface area contributed by atoms with E-state index in [1.807, 2.05) is 0 Å². The van der Waals surface area contributed by atoms with E-state index in [0.29, 0.717) is 0 Å². The minimum absolute atomic E-state index is 0.0477. The number of aromatic nitrogens is 4. The number of fused-ring (bicyclic) bond motifs is 1. The van der Waals surface area contributed by atoms with Crippen LogP contribution in [0.1, 0.15) is 20.1 Å². The van der Waals surface area contributed by atoms with Crippen LogP contribution < -0.4 is 5.56 Å². The summed E-state index contributed by atoms with van der Waals surface area (Å²) in [5, 5.41) is 11.0. The Morgan fingerprint density at radius 2 is 2.20 bits per heavy atom. The molecule has 0 aliphatic carbocycles. The number of alkyl halides is 1. The minimum atomic E-state index is -1.97. The van der Waals surface area contributed by atoms with E-state index in [-0.39, 0.29) is 17.8 Å². The first-order valence-electron chi connectivity index (χ1n) is 7.33. The molecule has 11 heteroatoms. The van der Waals surface area contributed by atoms with Crippen LogP contribution in [0.5, 0.6) is 0 Å². The Morgan fingerprint density at radius 1 is 1.48 bits per heavy atom. The van der Waals surface area contributed by atoms with Gasteiger partial charge in [-0.3, -0.25) is 19.0 Å². The molecule has 25 heavy (non-hydrogen) atoms. The molecule has 2 N–H and O–H groups in total. The number of rotatable bonds is 4. The third-order valence-corrected chi connectivity index (χ3v) is 5.35. The first-order chi connectivity index (χ1) is 11.8. The second-order valence-corrected chi connectivity index (χ2v) is 6.65. The number of nitrogens with zero attached hydrogens (tertiary/aromatic N) is 3. The van der Waals surface area contributed by atoms with Gasteiger partial charge in [0.2, 0.25) is 0 Å². The molecule has 0 amide bonds. The molecular formula is C14H15BrN4O6. The normalized spacial score (nSPS) is 29.0. The van der Waals surface area contributed by atoms with Gasteiger partial charge in [-0.15, -0.1) is 0 Å². The van der Waals surface area contributed by atoms with E-state index < -0.39 is 40.1 Å². The number of esters is 1. The average molecular weight is 415 g/mol. The molecule has 0 saturated carbocycles. The molecule has 2 aromatic rings. The highest BCUT2D eigenvalue weighted by molar-refractivity contribution is 9.09. The zero-order valence-corrected chi connectivity index (χ0v) is 14.9. The summed E-state index contributed by atoms with van der Waals surface area (Å²) in [4.78, 5) is 44.6. The van der Waals surface area contributed by atoms with Crippen molar-refractivity contribution in [2.24, 2.45) is 0 Å². The molecule has 2 aromatic heterocycles. The van der Waals surface area contributed by atoms with E-state index in [0.717, 1.165) is 0 Å². The second kappa shape index (κ2) is 6.32. The number of nitrogens with one attached hydrogen (secondary N) is 1. The van der Waals surface area contributed by atoms with Gasteiger partial charge in [-0.2, -0.15) is 0 Å². The number of aromatic amines is 1. The molecule has 1 saturated heterocycles. The van der Waals surface area contributed by atoms with E-state index >= 15 is 0 Å². The number of aliphatic hydroxyl groups is 1. The molecule has 0 spiro atoms. The van der Waals surface area contributed by atoms with Crippen molar-refractivity contribution in [3.63, 3.8) is 0 Å². The van der Waals surface area contributed by atoms with Gasteiger partial charge in [0.15, 0.2) is 28.8 Å². The maximum Gasteiger partial charge on any atom is 0.302 e. The lowest BCUT2D eigenvalue weighted by atomic mass is 9.93. The number of imidazole rings is 1. The van der Waals surface area contributed by atoms with E-state index in [2.05, 4.69) is 30.9 Å². The fourth-order valence-electron chi connectivity index (χ4n) is 2.76. The van der Waals surface area contributed by atoms with Gasteiger partial charge in [0.25, 0.3) is 5.56 Å². The molecule has 3 rings (SSSR count). The first-order valence-corrected chi connectivity index (χ1v) is 8.25. The molecule has 134 valence electrons. The van der Waals surface area contributed by atoms with Crippen LogP contribution in [0, 0.1) is 0 Å². The highest BCUT2D eigenvalue weighted by Crippen LogP contribution is 2.43. The lowest BCUT2D eigenvalue weighted by molar-refractivity contribution is -0.152. The van der Waals surface area contributed by atoms with Crippen molar-refractivity contribution in [2.75, 3.05) is 6.61 Å². The van der Waals surface area contributed by atoms with E-state index in [9.17, 15) is 19.5 Å². The average Bonchev–Trinajstić information content (AvgIpc) is 3.08. The van der Waals surface area contributed by atoms with Gasteiger partial charge < -0.3 is 19.6 Å². The molecule has 0 unspecified atom stereocenters. The van der Waals surface area contributed by atoms with Crippen molar-refractivity contribution < 1.29 is 24.2 Å². The largest absolute Gasteiger partial charge is 0.463 e. The van der Waals surface area contributed by atoms with Gasteiger partial charge in [-0.05, 0) is 6.92 Å². The predicted molar refractivity (Wildman–Crippen MR) is 87.0 cm³/mol. The lowest BCUT2D eigenvalue weighted by Gasteiger charge is -2.28. The highest BCUT2D eigenvalue weighted by atomic mass is 79.9. The summed E-state index contributed by atoms with van der Waals surface area (Å²) in [5.74, 6) is -1.07. The van der Waals surface area contributed by atoms with Gasteiger partial charge in [-0.25, -0.2) is 9.97 Å². The van der Waals surface area contributed by atoms with E-state index in [1.54, 1.807) is 0 Å². The number of carbonyl (C=O) groups is 2. The maximum absolute atomic E-state index is 12.2. The number of ketones is 1. The third-order valence-electron chi connectivity index (χ3n) is 4.06. The van der Waals surface area contributed by atoms with E-state index in [1.165, 1.54) is 31.1 Å². The quantitative estimate of drug-likeness (QED) is 0.512. The summed E-state index contributed by atoms with van der Waals surface area (Å²) in [6.07, 6.45) is 0.461. The number of hydrogen-bond acceptors (Lipinski definition) is 8. The fraction of sp³-hybridized carbons (Fsp3) is 0.500. The SMILES string of the molecule is CC(=O)OC[C@H]1O[C@@H](n2cnc3c(=O)[nH]cnc32)[C@@](O)(C(C)=O)[C@H]1Br. The Bertz CT molecular complexity index is 895. The van der Waals surface area contributed by atoms with Crippen LogP contribution >= 0.6 is 15.9 Å². The highest BCUT2D eigenvalue weighted by Gasteiger charge is 2.59. The zero-order valence-electron chi connectivity index (χ0n) is 13.3. The maximum atomic E-state index is 12.2. The van der Waals surface area contributed by atoms with Crippen LogP contribution in [0.25, 0.3) is 11.2 Å². The van der Waals surface area contributed by atoms with Crippen LogP contribution in [0.4, 0.5) is 0 Å². The number of H-pyrrole nitrogens is 1. The summed E-state index contributed by atoms with van der Waals surface area (Å²) >= 11 is 3.27. The standard InChI is InChI=1S/C14H15BrN4O6/c1-6(20)14(23)10(15)8(3-24-7(2)21)25-13(14)19-5-18-9-11(19)16-4-17-12(9)22/h4-5,8,10,13,23H,3H2,1-2H3,(H,16,17,22)/t8-,10+,13-,14-/m1/s1. The van der Waals surface area contributed by atoms with Gasteiger partial charge >= 0.3 is 5.97 Å². The second-order valence-electron chi connectivity index (χ2n) is 5.67.